The summed E-state index contributed by atoms with van der Waals surface area (Å²) in [6.45, 7) is 20.9. The SMILES string of the molecule is Cc1cc(C)cc(-c2nccc3cc(CC(C)(C)C)ccc23)c1.[2H]C([2H])([2H])C(C)Cc1ccc2c(-c3cc(C)cc(C)c3)nccc2c1.[2H]C([2H])([2H])C([2H])(C)Cc1ccc2c(-c3cc(C)cc(C)c3)nccc2c1.[2H]C([2H])([2H])c1cc(C)cc(-c2nccc3cc(CC(C)C([2H])([2H])[2H])ccc23)c1.[2H]C([2H])([2H])c1cc(C)cc(-c2nccc3cc(CC(C)C)ccc23)c1.[2H]C([2H])([2H])c1cc(C)cc(-c2nccc3cc(CC([2H])(C)C([2H])([2H])[2H])ccc23)c1. The topological polar surface area (TPSA) is 77.3 Å². The summed E-state index contributed by atoms with van der Waals surface area (Å²) in [5.74, 6) is -3.26. The van der Waals surface area contributed by atoms with E-state index in [9.17, 15) is 0 Å². The molecule has 18 aromatic rings. The van der Waals surface area contributed by atoms with Crippen molar-refractivity contribution < 1.29 is 31.5 Å². The molecule has 0 aliphatic rings. The van der Waals surface area contributed by atoms with E-state index >= 15 is 0 Å². The molecule has 6 aromatic heterocycles. The Hall–Kier alpha value is -12.9. The van der Waals surface area contributed by atoms with E-state index in [-0.39, 0.29) is 24.3 Å². The second kappa shape index (κ2) is 44.1. The number of rotatable bonds is 17. The number of benzene rings is 12. The zero-order valence-corrected chi connectivity index (χ0v) is 80.4. The summed E-state index contributed by atoms with van der Waals surface area (Å²) < 4.78 is 176. The molecule has 0 saturated carbocycles. The molecule has 6 nitrogen and oxygen atoms in total. The van der Waals surface area contributed by atoms with Crippen LogP contribution in [0, 0.1) is 118 Å². The van der Waals surface area contributed by atoms with E-state index in [0.717, 1.165) is 162 Å². The molecule has 133 heavy (non-hydrogen) atoms. The van der Waals surface area contributed by atoms with Crippen molar-refractivity contribution in [3.05, 3.63) is 392 Å². The summed E-state index contributed by atoms with van der Waals surface area (Å²) in [6, 6.07) is 83.9. The predicted molar refractivity (Wildman–Crippen MR) is 576 cm³/mol. The molecule has 678 valence electrons. The number of hydrogen-bond acceptors (Lipinski definition) is 6. The van der Waals surface area contributed by atoms with E-state index < -0.39 is 65.7 Å². The van der Waals surface area contributed by atoms with Crippen molar-refractivity contribution in [3.63, 3.8) is 0 Å². The normalized spacial score (nSPS) is 15.9. The van der Waals surface area contributed by atoms with E-state index in [1.54, 1.807) is 75.0 Å². The maximum Gasteiger partial charge on any atom is 0.0780 e. The van der Waals surface area contributed by atoms with Gasteiger partial charge in [-0.3, -0.25) is 29.9 Å². The molecule has 0 spiro atoms. The quantitative estimate of drug-likeness (QED) is 0.0904. The molecule has 0 aliphatic carbocycles. The van der Waals surface area contributed by atoms with Gasteiger partial charge < -0.3 is 0 Å². The summed E-state index contributed by atoms with van der Waals surface area (Å²) in [6.07, 6.45) is 14.1. The van der Waals surface area contributed by atoms with Gasteiger partial charge in [-0.25, -0.2) is 0 Å². The molecule has 18 rings (SSSR count). The molecule has 0 radical (unpaired) electrons. The van der Waals surface area contributed by atoms with Gasteiger partial charge >= 0.3 is 0 Å². The second-order valence-electron chi connectivity index (χ2n) is 38.1. The van der Waals surface area contributed by atoms with E-state index in [4.69, 9.17) is 31.5 Å². The third-order valence-corrected chi connectivity index (χ3v) is 22.9. The fourth-order valence-electron chi connectivity index (χ4n) is 18.0. The van der Waals surface area contributed by atoms with Crippen LogP contribution in [0.3, 0.4) is 0 Å². The lowest BCUT2D eigenvalue weighted by Crippen LogP contribution is -2.08. The molecular weight excluding hydrogens is 1610 g/mol. The van der Waals surface area contributed by atoms with Crippen LogP contribution in [0.2, 0.25) is 0 Å². The first-order valence-corrected chi connectivity index (χ1v) is 46.0. The van der Waals surface area contributed by atoms with Crippen LogP contribution in [0.4, 0.5) is 0 Å². The van der Waals surface area contributed by atoms with E-state index in [1.807, 2.05) is 142 Å². The number of aromatic nitrogens is 6. The first-order chi connectivity index (χ1) is 72.6. The van der Waals surface area contributed by atoms with E-state index in [1.165, 1.54) is 74.7 Å². The van der Waals surface area contributed by atoms with Crippen molar-refractivity contribution in [1.29, 1.82) is 0 Å². The molecule has 0 saturated heterocycles. The number of nitrogens with zero attached hydrogens (tertiary/aromatic N) is 6. The van der Waals surface area contributed by atoms with Crippen molar-refractivity contribution in [2.24, 2.45) is 35.0 Å². The average molecular weight is 1770 g/mol. The van der Waals surface area contributed by atoms with Crippen LogP contribution >= 0.6 is 0 Å². The summed E-state index contributed by atoms with van der Waals surface area (Å²) in [7, 11) is 0. The van der Waals surface area contributed by atoms with Gasteiger partial charge in [-0.2, -0.15) is 0 Å². The second-order valence-corrected chi connectivity index (χ2v) is 38.1. The van der Waals surface area contributed by atoms with Gasteiger partial charge in [0.05, 0.1) is 34.2 Å². The third-order valence-electron chi connectivity index (χ3n) is 22.9. The molecule has 6 heterocycles. The molecule has 0 bridgehead atoms. The maximum absolute atomic E-state index is 8.18. The highest BCUT2D eigenvalue weighted by Gasteiger charge is 2.18. The molecule has 6 heteroatoms. The van der Waals surface area contributed by atoms with Crippen molar-refractivity contribution in [2.45, 2.75) is 211 Å². The highest BCUT2D eigenvalue weighted by Crippen LogP contribution is 2.38. The lowest BCUT2D eigenvalue weighted by Gasteiger charge is -2.18. The van der Waals surface area contributed by atoms with Gasteiger partial charge in [0, 0.05) is 134 Å². The van der Waals surface area contributed by atoms with Crippen molar-refractivity contribution in [2.75, 3.05) is 0 Å². The Labute approximate surface area is 827 Å². The van der Waals surface area contributed by atoms with Gasteiger partial charge in [0.2, 0.25) is 0 Å². The number of aryl methyl sites for hydroxylation is 12. The first kappa shape index (κ1) is 70.8. The van der Waals surface area contributed by atoms with Crippen molar-refractivity contribution in [3.8, 4) is 67.5 Å². The fraction of sp³-hybridized carbons (Fsp3) is 0.291. The Bertz CT molecular complexity index is 8080. The summed E-state index contributed by atoms with van der Waals surface area (Å²) in [5.41, 5.74) is 28.5. The third kappa shape index (κ3) is 27.0. The number of hydrogen-bond donors (Lipinski definition) is 0. The zero-order chi connectivity index (χ0) is 114. The van der Waals surface area contributed by atoms with E-state index in [0.29, 0.717) is 41.0 Å². The molecule has 0 N–H and O–H groups in total. The highest BCUT2D eigenvalue weighted by atomic mass is 14.7. The monoisotopic (exact) mass is 1770 g/mol. The lowest BCUT2D eigenvalue weighted by atomic mass is 9.87. The van der Waals surface area contributed by atoms with Gasteiger partial charge in [-0.05, 0) is 331 Å². The minimum Gasteiger partial charge on any atom is -0.256 e. The Kier molecular flexibility index (Phi) is 23.5. The Balaban J connectivity index is 0.000000155. The van der Waals surface area contributed by atoms with Crippen LogP contribution < -0.4 is 0 Å². The van der Waals surface area contributed by atoms with Gasteiger partial charge in [-0.1, -0.05) is 302 Å². The van der Waals surface area contributed by atoms with Gasteiger partial charge in [0.25, 0.3) is 0 Å². The Morgan fingerprint density at radius 3 is 0.624 bits per heavy atom. The highest BCUT2D eigenvalue weighted by molar-refractivity contribution is 6.00. The maximum atomic E-state index is 8.18. The van der Waals surface area contributed by atoms with Crippen LogP contribution in [0.25, 0.3) is 132 Å². The van der Waals surface area contributed by atoms with Crippen LogP contribution in [0.5, 0.6) is 0 Å². The standard InChI is InChI=1S/C22H25N.5C21H23N/c1-15-10-16(2)12-19(11-15)21-20-7-6-17(14-22(3,4)5)13-18(20)8-9-23-21;5*1-14(2)9-17-5-6-20-18(13-17)7-8-22-21(20)19-11-15(3)10-16(4)12-19/h6-13H,14H2,1-5H3;5*5-8,10-14H,9H2,1-4H3/i;1D3,3D3,14D;1D3,14D;1D3,3D3;3D3;1D3. The average Bonchev–Trinajstić information content (AvgIpc) is 0.784. The molecule has 12 aromatic carbocycles. The van der Waals surface area contributed by atoms with Crippen LogP contribution in [-0.2, 0) is 38.5 Å². The van der Waals surface area contributed by atoms with Crippen molar-refractivity contribution >= 4 is 64.6 Å². The summed E-state index contributed by atoms with van der Waals surface area (Å²) >= 11 is 0. The molecule has 4 unspecified atom stereocenters. The van der Waals surface area contributed by atoms with Crippen LogP contribution in [0.1, 0.15) is 221 Å². The van der Waals surface area contributed by atoms with E-state index in [2.05, 4.69) is 215 Å². The summed E-state index contributed by atoms with van der Waals surface area (Å²) in [4.78, 5) is 27.4. The minimum atomic E-state index is -2.38. The molecule has 0 amide bonds. The number of pyridine rings is 6. The molecule has 0 aliphatic heterocycles. The predicted octanol–water partition coefficient (Wildman–Crippen LogP) is 34.7. The Morgan fingerprint density at radius 2 is 0.421 bits per heavy atom. The lowest BCUT2D eigenvalue weighted by molar-refractivity contribution is 0.411. The Morgan fingerprint density at radius 1 is 0.226 bits per heavy atom. The van der Waals surface area contributed by atoms with Crippen molar-refractivity contribution in [1.82, 2.24) is 29.9 Å². The van der Waals surface area contributed by atoms with Gasteiger partial charge in [0.15, 0.2) is 0 Å². The first-order valence-electron chi connectivity index (χ1n) is 57.5. The van der Waals surface area contributed by atoms with Gasteiger partial charge in [-0.15, -0.1) is 0 Å². The zero-order valence-electron chi connectivity index (χ0n) is 103. The minimum absolute atomic E-state index is 0.102. The largest absolute Gasteiger partial charge is 0.256 e. The van der Waals surface area contributed by atoms with Crippen LogP contribution in [0.15, 0.2) is 292 Å². The van der Waals surface area contributed by atoms with Gasteiger partial charge in [0.1, 0.15) is 0 Å². The molecule has 0 fully saturated rings. The molecule has 4 atom stereocenters. The summed E-state index contributed by atoms with van der Waals surface area (Å²) in [5, 5.41) is 12.5. The fourth-order valence-corrected chi connectivity index (χ4v) is 18.0. The number of fused-ring (bicyclic) bond motifs is 6. The molecular formula is C127H140N6. The smallest absolute Gasteiger partial charge is 0.0780 e. The van der Waals surface area contributed by atoms with Crippen LogP contribution in [-0.4, -0.2) is 29.9 Å².